The SMILES string of the molecule is CN(C)C=O.FC(F)(F)CC(F)(F)F.S. The number of hydrogen-bond donors (Lipinski definition) is 0. The van der Waals surface area contributed by atoms with Crippen molar-refractivity contribution in [2.45, 2.75) is 18.8 Å². The fourth-order valence-corrected chi connectivity index (χ4v) is 0.227. The van der Waals surface area contributed by atoms with Gasteiger partial charge in [-0.15, -0.1) is 0 Å². The van der Waals surface area contributed by atoms with E-state index in [0.717, 1.165) is 6.41 Å². The second-order valence-corrected chi connectivity index (χ2v) is 2.48. The van der Waals surface area contributed by atoms with Crippen molar-refractivity contribution in [3.05, 3.63) is 0 Å². The summed E-state index contributed by atoms with van der Waals surface area (Å²) >= 11 is 0. The molecule has 9 heteroatoms. The van der Waals surface area contributed by atoms with Gasteiger partial charge in [0.2, 0.25) is 6.41 Å². The van der Waals surface area contributed by atoms with Crippen LogP contribution in [-0.2, 0) is 4.79 Å². The van der Waals surface area contributed by atoms with Gasteiger partial charge in [-0.25, -0.2) is 0 Å². The maximum absolute atomic E-state index is 10.8. The highest BCUT2D eigenvalue weighted by atomic mass is 32.1. The van der Waals surface area contributed by atoms with Gasteiger partial charge in [-0.3, -0.25) is 4.79 Å². The number of carbonyl (C=O) groups is 1. The van der Waals surface area contributed by atoms with Crippen LogP contribution in [0, 0.1) is 0 Å². The maximum atomic E-state index is 10.8. The molecule has 0 aromatic heterocycles. The molecule has 0 spiro atoms. The minimum absolute atomic E-state index is 0. The number of alkyl halides is 6. The smallest absolute Gasteiger partial charge is 0.351 e. The third-order valence-corrected chi connectivity index (χ3v) is 0.612. The zero-order valence-corrected chi connectivity index (χ0v) is 8.91. The minimum Gasteiger partial charge on any atom is -0.351 e. The highest BCUT2D eigenvalue weighted by Gasteiger charge is 2.43. The molecule has 0 heterocycles. The molecule has 2 nitrogen and oxygen atoms in total. The van der Waals surface area contributed by atoms with Crippen LogP contribution in [0.25, 0.3) is 0 Å². The van der Waals surface area contributed by atoms with Crippen molar-refractivity contribution < 1.29 is 31.1 Å². The van der Waals surface area contributed by atoms with E-state index in [1.54, 1.807) is 14.1 Å². The van der Waals surface area contributed by atoms with Crippen LogP contribution < -0.4 is 0 Å². The highest BCUT2D eigenvalue weighted by molar-refractivity contribution is 7.59. The molecule has 0 aromatic carbocycles. The maximum Gasteiger partial charge on any atom is 0.397 e. The molecule has 0 radical (unpaired) electrons. The molecular weight excluding hydrogens is 248 g/mol. The lowest BCUT2D eigenvalue weighted by atomic mass is 10.4. The van der Waals surface area contributed by atoms with E-state index in [1.165, 1.54) is 4.90 Å². The number of nitrogens with zero attached hydrogens (tertiary/aromatic N) is 1. The Morgan fingerprint density at radius 2 is 1.20 bits per heavy atom. The molecule has 0 atom stereocenters. The van der Waals surface area contributed by atoms with E-state index in [9.17, 15) is 31.1 Å². The van der Waals surface area contributed by atoms with Crippen LogP contribution in [0.5, 0.6) is 0 Å². The highest BCUT2D eigenvalue weighted by Crippen LogP contribution is 2.31. The van der Waals surface area contributed by atoms with E-state index in [-0.39, 0.29) is 13.5 Å². The Labute approximate surface area is 89.7 Å². The number of rotatable bonds is 1. The van der Waals surface area contributed by atoms with E-state index in [1.807, 2.05) is 0 Å². The summed E-state index contributed by atoms with van der Waals surface area (Å²) in [4.78, 5) is 10.9. The van der Waals surface area contributed by atoms with Gasteiger partial charge < -0.3 is 4.90 Å². The fraction of sp³-hybridized carbons (Fsp3) is 0.833. The molecule has 0 aliphatic carbocycles. The normalized spacial score (nSPS) is 10.7. The molecule has 0 aromatic rings. The fourth-order valence-electron chi connectivity index (χ4n) is 0.227. The lowest BCUT2D eigenvalue weighted by Gasteiger charge is -2.08. The second-order valence-electron chi connectivity index (χ2n) is 2.48. The van der Waals surface area contributed by atoms with Crippen molar-refractivity contribution in [2.24, 2.45) is 0 Å². The van der Waals surface area contributed by atoms with Crippen LogP contribution in [0.1, 0.15) is 6.42 Å². The molecule has 0 bridgehead atoms. The summed E-state index contributed by atoms with van der Waals surface area (Å²) in [5.41, 5.74) is 0. The van der Waals surface area contributed by atoms with E-state index in [4.69, 9.17) is 0 Å². The average Bonchev–Trinajstić information content (AvgIpc) is 1.80. The van der Waals surface area contributed by atoms with Crippen LogP contribution in [0.3, 0.4) is 0 Å². The molecule has 0 aliphatic heterocycles. The third kappa shape index (κ3) is 31.8. The predicted molar refractivity (Wildman–Crippen MR) is 46.9 cm³/mol. The van der Waals surface area contributed by atoms with Gasteiger partial charge in [-0.05, 0) is 0 Å². The third-order valence-electron chi connectivity index (χ3n) is 0.612. The minimum atomic E-state index is -5.14. The molecule has 0 N–H and O–H groups in total. The van der Waals surface area contributed by atoms with Crippen LogP contribution in [0.2, 0.25) is 0 Å². The van der Waals surface area contributed by atoms with E-state index >= 15 is 0 Å². The molecule has 15 heavy (non-hydrogen) atoms. The first-order valence-electron chi connectivity index (χ1n) is 3.23. The van der Waals surface area contributed by atoms with Crippen molar-refractivity contribution in [3.8, 4) is 0 Å². The molecule has 0 aliphatic rings. The second kappa shape index (κ2) is 7.66. The van der Waals surface area contributed by atoms with Gasteiger partial charge in [0.15, 0.2) is 0 Å². The van der Waals surface area contributed by atoms with Gasteiger partial charge >= 0.3 is 12.4 Å². The van der Waals surface area contributed by atoms with E-state index < -0.39 is 18.8 Å². The van der Waals surface area contributed by atoms with Crippen molar-refractivity contribution in [2.75, 3.05) is 14.1 Å². The summed E-state index contributed by atoms with van der Waals surface area (Å²) < 4.78 is 65.0. The Balaban J connectivity index is -0.000000208. The van der Waals surface area contributed by atoms with Crippen molar-refractivity contribution in [1.29, 1.82) is 0 Å². The van der Waals surface area contributed by atoms with Gasteiger partial charge in [-0.1, -0.05) is 0 Å². The number of hydrogen-bond acceptors (Lipinski definition) is 1. The largest absolute Gasteiger partial charge is 0.397 e. The molecule has 0 rings (SSSR count). The zero-order chi connectivity index (χ0) is 12.0. The Hall–Kier alpha value is -0.600. The van der Waals surface area contributed by atoms with Crippen molar-refractivity contribution in [1.82, 2.24) is 4.90 Å². The van der Waals surface area contributed by atoms with Crippen LogP contribution >= 0.6 is 13.5 Å². The first-order valence-corrected chi connectivity index (χ1v) is 3.23. The summed E-state index contributed by atoms with van der Waals surface area (Å²) in [7, 11) is 3.38. The van der Waals surface area contributed by atoms with E-state index in [0.29, 0.717) is 0 Å². The van der Waals surface area contributed by atoms with Gasteiger partial charge in [0.05, 0.1) is 0 Å². The summed E-state index contributed by atoms with van der Waals surface area (Å²) in [6.45, 7) is 0. The molecule has 1 amide bonds. The topological polar surface area (TPSA) is 20.3 Å². The Kier molecular flexibility index (Phi) is 10.2. The number of carbonyl (C=O) groups excluding carboxylic acids is 1. The summed E-state index contributed by atoms with van der Waals surface area (Å²) in [6.07, 6.45) is -12.2. The first kappa shape index (κ1) is 19.9. The molecule has 0 fully saturated rings. The number of amides is 1. The van der Waals surface area contributed by atoms with Crippen LogP contribution in [0.4, 0.5) is 26.3 Å². The standard InChI is InChI=1S/C3H2F6.C3H7NO.H2S/c4-2(5,6)1-3(7,8)9;1-4(2)3-5;/h1H2;3H,1-2H3;1H2. The molecule has 0 saturated heterocycles. The Morgan fingerprint density at radius 3 is 1.20 bits per heavy atom. The molecule has 94 valence electrons. The van der Waals surface area contributed by atoms with Gasteiger partial charge in [0.1, 0.15) is 6.42 Å². The lowest BCUT2D eigenvalue weighted by molar-refractivity contribution is -0.232. The molecule has 0 saturated carbocycles. The van der Waals surface area contributed by atoms with Crippen molar-refractivity contribution >= 4 is 19.9 Å². The summed E-state index contributed by atoms with van der Waals surface area (Å²) in [5.74, 6) is 0. The van der Waals surface area contributed by atoms with Crippen LogP contribution in [-0.4, -0.2) is 37.8 Å². The monoisotopic (exact) mass is 259 g/mol. The van der Waals surface area contributed by atoms with Gasteiger partial charge in [-0.2, -0.15) is 39.8 Å². The predicted octanol–water partition coefficient (Wildman–Crippen LogP) is 2.32. The van der Waals surface area contributed by atoms with E-state index in [2.05, 4.69) is 0 Å². The average molecular weight is 259 g/mol. The quantitative estimate of drug-likeness (QED) is 0.522. The van der Waals surface area contributed by atoms with Crippen LogP contribution in [0.15, 0.2) is 0 Å². The van der Waals surface area contributed by atoms with Crippen molar-refractivity contribution in [3.63, 3.8) is 0 Å². The van der Waals surface area contributed by atoms with Gasteiger partial charge in [0, 0.05) is 14.1 Å². The molecule has 0 unspecified atom stereocenters. The Morgan fingerprint density at radius 1 is 1.00 bits per heavy atom. The summed E-state index contributed by atoms with van der Waals surface area (Å²) in [6, 6.07) is 0. The lowest BCUT2D eigenvalue weighted by Crippen LogP contribution is -2.20. The van der Waals surface area contributed by atoms with Gasteiger partial charge in [0.25, 0.3) is 0 Å². The zero-order valence-electron chi connectivity index (χ0n) is 7.91. The summed E-state index contributed by atoms with van der Waals surface area (Å²) in [5, 5.41) is 0. The first-order chi connectivity index (χ1) is 5.98. The molecular formula is C6H11F6NOS. The number of halogens is 6. The Bertz CT molecular complexity index is 154.